The van der Waals surface area contributed by atoms with Crippen LogP contribution in [0.2, 0.25) is 5.02 Å². The number of fused-ring (bicyclic) bond motifs is 1. The van der Waals surface area contributed by atoms with Gasteiger partial charge in [-0.1, -0.05) is 18.2 Å². The van der Waals surface area contributed by atoms with Crippen LogP contribution in [0, 0.1) is 5.82 Å². The third kappa shape index (κ3) is 6.22. The number of hydrogen-bond donors (Lipinski definition) is 3. The predicted molar refractivity (Wildman–Crippen MR) is 170 cm³/mol. The molecule has 2 fully saturated rings. The van der Waals surface area contributed by atoms with Gasteiger partial charge in [0, 0.05) is 68.0 Å². The van der Waals surface area contributed by atoms with E-state index in [0.717, 1.165) is 38.1 Å². The highest BCUT2D eigenvalue weighted by Gasteiger charge is 2.26. The van der Waals surface area contributed by atoms with E-state index in [0.29, 0.717) is 70.4 Å². The maximum atomic E-state index is 13.9. The molecule has 44 heavy (non-hydrogen) atoms. The van der Waals surface area contributed by atoms with E-state index in [2.05, 4.69) is 54.0 Å². The lowest BCUT2D eigenvalue weighted by molar-refractivity contribution is -0.111. The maximum Gasteiger partial charge on any atom is 0.253 e. The zero-order chi connectivity index (χ0) is 30.8. The summed E-state index contributed by atoms with van der Waals surface area (Å²) < 4.78 is 13.9. The number of carbonyl (C=O) groups is 2. The number of piperazine rings is 1. The number of likely N-dealkylation sites (N-methyl/N-ethyl adjacent to an activating group) is 1. The Morgan fingerprint density at radius 3 is 2.61 bits per heavy atom. The summed E-state index contributed by atoms with van der Waals surface area (Å²) in [6.07, 6.45) is 7.02. The highest BCUT2D eigenvalue weighted by Crippen LogP contribution is 2.33. The summed E-state index contributed by atoms with van der Waals surface area (Å²) in [5.41, 5.74) is 3.72. The van der Waals surface area contributed by atoms with Gasteiger partial charge in [0.05, 0.1) is 34.5 Å². The van der Waals surface area contributed by atoms with E-state index in [1.165, 1.54) is 18.3 Å². The third-order valence-corrected chi connectivity index (χ3v) is 8.42. The molecule has 2 saturated heterocycles. The molecule has 13 heteroatoms. The topological polar surface area (TPSA) is 122 Å². The van der Waals surface area contributed by atoms with E-state index in [1.807, 2.05) is 11.0 Å². The molecule has 0 spiro atoms. The molecule has 1 aromatic carbocycles. The van der Waals surface area contributed by atoms with Crippen molar-refractivity contribution >= 4 is 51.8 Å². The monoisotopic (exact) mass is 617 g/mol. The summed E-state index contributed by atoms with van der Waals surface area (Å²) in [7, 11) is 2.08. The molecule has 6 rings (SSSR count). The van der Waals surface area contributed by atoms with E-state index in [9.17, 15) is 14.0 Å². The summed E-state index contributed by atoms with van der Waals surface area (Å²) in [6.45, 7) is 8.05. The number of aromatic amines is 1. The molecule has 2 amide bonds. The summed E-state index contributed by atoms with van der Waals surface area (Å²) in [6, 6.07) is 6.88. The van der Waals surface area contributed by atoms with E-state index >= 15 is 0 Å². The second-order valence-electron chi connectivity index (χ2n) is 11.1. The van der Waals surface area contributed by atoms with Crippen LogP contribution in [-0.2, 0) is 4.79 Å². The van der Waals surface area contributed by atoms with Crippen LogP contribution in [0.4, 0.5) is 21.7 Å². The number of H-pyrrole nitrogens is 1. The highest BCUT2D eigenvalue weighted by molar-refractivity contribution is 6.33. The second kappa shape index (κ2) is 12.6. The molecule has 0 radical (unpaired) electrons. The van der Waals surface area contributed by atoms with Gasteiger partial charge in [-0.25, -0.2) is 19.3 Å². The normalized spacial score (nSPS) is 16.2. The molecule has 0 atom stereocenters. The van der Waals surface area contributed by atoms with Crippen LogP contribution in [0.25, 0.3) is 22.3 Å². The number of pyridine rings is 1. The number of halogens is 2. The van der Waals surface area contributed by atoms with Crippen molar-refractivity contribution in [3.63, 3.8) is 0 Å². The number of anilines is 3. The van der Waals surface area contributed by atoms with Crippen LogP contribution >= 0.6 is 11.6 Å². The fourth-order valence-corrected chi connectivity index (χ4v) is 5.85. The molecule has 5 heterocycles. The summed E-state index contributed by atoms with van der Waals surface area (Å²) >= 11 is 6.44. The van der Waals surface area contributed by atoms with Gasteiger partial charge in [-0.2, -0.15) is 0 Å². The predicted octanol–water partition coefficient (Wildman–Crippen LogP) is 4.41. The molecule has 2 aliphatic heterocycles. The van der Waals surface area contributed by atoms with Crippen LogP contribution in [0.3, 0.4) is 0 Å². The number of nitrogens with zero attached hydrogens (tertiary/aromatic N) is 6. The van der Waals surface area contributed by atoms with Gasteiger partial charge in [-0.3, -0.25) is 9.59 Å². The molecule has 0 aliphatic carbocycles. The van der Waals surface area contributed by atoms with Gasteiger partial charge in [0.15, 0.2) is 0 Å². The number of rotatable bonds is 7. The zero-order valence-corrected chi connectivity index (χ0v) is 25.1. The zero-order valence-electron chi connectivity index (χ0n) is 24.3. The van der Waals surface area contributed by atoms with Crippen molar-refractivity contribution < 1.29 is 14.0 Å². The van der Waals surface area contributed by atoms with E-state index in [-0.39, 0.29) is 17.9 Å². The van der Waals surface area contributed by atoms with Crippen LogP contribution in [-0.4, -0.2) is 93.9 Å². The highest BCUT2D eigenvalue weighted by atomic mass is 35.5. The van der Waals surface area contributed by atoms with E-state index in [1.54, 1.807) is 18.3 Å². The fraction of sp³-hybridized carbons (Fsp3) is 0.323. The number of hydrogen-bond acceptors (Lipinski definition) is 8. The summed E-state index contributed by atoms with van der Waals surface area (Å²) in [4.78, 5) is 48.1. The number of amides is 2. The van der Waals surface area contributed by atoms with Crippen molar-refractivity contribution in [3.8, 4) is 11.3 Å². The van der Waals surface area contributed by atoms with Crippen molar-refractivity contribution in [1.29, 1.82) is 0 Å². The van der Waals surface area contributed by atoms with Gasteiger partial charge in [0.1, 0.15) is 11.5 Å². The Balaban J connectivity index is 1.13. The first-order valence-electron chi connectivity index (χ1n) is 14.5. The standard InChI is InChI=1S/C31H33ClFN9O2/c1-3-27(43)38-25-5-4-19(14-26(25)41-12-10-40(2)11-13-41)30(44)42-8-6-21(7-9-42)37-31-36-18-24(32)28(39-31)23-17-35-29-22(23)15-20(33)16-34-29/h3-5,14-18,21H,1,6-13H2,2H3,(H,34,35)(H,38,43)(H,36,37,39). The van der Waals surface area contributed by atoms with E-state index in [4.69, 9.17) is 11.6 Å². The summed E-state index contributed by atoms with van der Waals surface area (Å²) in [5.74, 6) is -0.389. The van der Waals surface area contributed by atoms with Gasteiger partial charge >= 0.3 is 0 Å². The lowest BCUT2D eigenvalue weighted by Gasteiger charge is -2.36. The number of aromatic nitrogens is 4. The van der Waals surface area contributed by atoms with Crippen molar-refractivity contribution in [2.24, 2.45) is 0 Å². The van der Waals surface area contributed by atoms with Crippen molar-refractivity contribution in [2.45, 2.75) is 18.9 Å². The van der Waals surface area contributed by atoms with Crippen LogP contribution in [0.1, 0.15) is 23.2 Å². The first-order chi connectivity index (χ1) is 21.3. The number of piperidine rings is 1. The number of carbonyl (C=O) groups excluding carboxylic acids is 2. The second-order valence-corrected chi connectivity index (χ2v) is 11.5. The van der Waals surface area contributed by atoms with Crippen molar-refractivity contribution in [2.75, 3.05) is 61.8 Å². The van der Waals surface area contributed by atoms with Crippen LogP contribution in [0.5, 0.6) is 0 Å². The third-order valence-electron chi connectivity index (χ3n) is 8.14. The fourth-order valence-electron chi connectivity index (χ4n) is 5.65. The smallest absolute Gasteiger partial charge is 0.253 e. The average Bonchev–Trinajstić information content (AvgIpc) is 3.45. The molecule has 4 aromatic rings. The molecule has 2 aliphatic rings. The van der Waals surface area contributed by atoms with Gasteiger partial charge in [-0.05, 0) is 50.2 Å². The quantitative estimate of drug-likeness (QED) is 0.261. The Kier molecular flexibility index (Phi) is 8.45. The number of likely N-dealkylation sites (tertiary alicyclic amines) is 1. The Morgan fingerprint density at radius 2 is 1.86 bits per heavy atom. The minimum Gasteiger partial charge on any atom is -0.367 e. The Hall–Kier alpha value is -4.55. The van der Waals surface area contributed by atoms with E-state index < -0.39 is 5.82 Å². The van der Waals surface area contributed by atoms with Crippen LogP contribution < -0.4 is 15.5 Å². The lowest BCUT2D eigenvalue weighted by atomic mass is 10.0. The SMILES string of the molecule is C=CC(=O)Nc1ccc(C(=O)N2CCC(Nc3ncc(Cl)c(-c4c[nH]c5ncc(F)cc45)n3)CC2)cc1N1CCN(C)CC1. The molecular formula is C31H33ClFN9O2. The minimum absolute atomic E-state index is 0.0487. The maximum absolute atomic E-state index is 13.9. The first-order valence-corrected chi connectivity index (χ1v) is 14.9. The van der Waals surface area contributed by atoms with Crippen LogP contribution in [0.15, 0.2) is 55.5 Å². The van der Waals surface area contributed by atoms with Crippen molar-refractivity contribution in [3.05, 3.63) is 71.9 Å². The molecule has 228 valence electrons. The molecule has 0 bridgehead atoms. The summed E-state index contributed by atoms with van der Waals surface area (Å²) in [5, 5.41) is 7.18. The Bertz CT molecular complexity index is 1710. The Morgan fingerprint density at radius 1 is 1.09 bits per heavy atom. The average molecular weight is 618 g/mol. The lowest BCUT2D eigenvalue weighted by Crippen LogP contribution is -2.45. The Labute approximate surface area is 259 Å². The number of nitrogens with one attached hydrogen (secondary N) is 3. The largest absolute Gasteiger partial charge is 0.367 e. The van der Waals surface area contributed by atoms with Gasteiger partial charge < -0.3 is 30.3 Å². The van der Waals surface area contributed by atoms with Gasteiger partial charge in [0.25, 0.3) is 5.91 Å². The molecule has 3 N–H and O–H groups in total. The molecule has 0 unspecified atom stereocenters. The first kappa shape index (κ1) is 29.5. The minimum atomic E-state index is -0.450. The van der Waals surface area contributed by atoms with Gasteiger partial charge in [-0.15, -0.1) is 0 Å². The molecule has 11 nitrogen and oxygen atoms in total. The number of benzene rings is 1. The molecule has 3 aromatic heterocycles. The van der Waals surface area contributed by atoms with Gasteiger partial charge in [0.2, 0.25) is 11.9 Å². The van der Waals surface area contributed by atoms with Crippen molar-refractivity contribution in [1.82, 2.24) is 29.7 Å². The molecular weight excluding hydrogens is 585 g/mol. The molecule has 0 saturated carbocycles.